The number of amides is 2. The fourth-order valence-electron chi connectivity index (χ4n) is 6.86. The van der Waals surface area contributed by atoms with Crippen LogP contribution in [0.3, 0.4) is 0 Å². The molecule has 0 aliphatic carbocycles. The van der Waals surface area contributed by atoms with Gasteiger partial charge >= 0.3 is 0 Å². The topological polar surface area (TPSA) is 72.9 Å². The summed E-state index contributed by atoms with van der Waals surface area (Å²) in [6, 6.07) is 29.4. The van der Waals surface area contributed by atoms with Crippen molar-refractivity contribution in [3.05, 3.63) is 119 Å². The van der Waals surface area contributed by atoms with Gasteiger partial charge in [-0.1, -0.05) is 84.9 Å². The summed E-state index contributed by atoms with van der Waals surface area (Å²) in [6.45, 7) is 6.62. The molecular formula is C40H42N6O2S2. The molecule has 256 valence electrons. The minimum absolute atomic E-state index is 0.256. The van der Waals surface area contributed by atoms with Crippen LogP contribution in [-0.4, -0.2) is 83.9 Å². The molecule has 2 amide bonds. The van der Waals surface area contributed by atoms with E-state index in [1.807, 2.05) is 33.0 Å². The van der Waals surface area contributed by atoms with Crippen molar-refractivity contribution in [2.24, 2.45) is 0 Å². The zero-order chi connectivity index (χ0) is 34.1. The molecule has 50 heavy (non-hydrogen) atoms. The summed E-state index contributed by atoms with van der Waals surface area (Å²) in [7, 11) is 0. The number of carbonyl (C=O) groups excluding carboxylic acids is 2. The number of hydrogen-bond donors (Lipinski definition) is 0. The zero-order valence-electron chi connectivity index (χ0n) is 28.2. The molecule has 2 saturated heterocycles. The Labute approximate surface area is 301 Å². The molecule has 8 nitrogen and oxygen atoms in total. The van der Waals surface area contributed by atoms with E-state index in [0.29, 0.717) is 12.8 Å². The van der Waals surface area contributed by atoms with Gasteiger partial charge in [0.2, 0.25) is 11.8 Å². The van der Waals surface area contributed by atoms with Gasteiger partial charge in [-0.25, -0.2) is 9.97 Å². The van der Waals surface area contributed by atoms with Crippen LogP contribution in [-0.2, 0) is 22.4 Å². The Bertz CT molecular complexity index is 1840. The van der Waals surface area contributed by atoms with Crippen molar-refractivity contribution in [1.29, 1.82) is 0 Å². The number of fused-ring (bicyclic) bond motifs is 2. The van der Waals surface area contributed by atoms with Crippen molar-refractivity contribution >= 4 is 66.3 Å². The van der Waals surface area contributed by atoms with Gasteiger partial charge in [-0.2, -0.15) is 0 Å². The van der Waals surface area contributed by atoms with Crippen molar-refractivity contribution < 1.29 is 9.59 Å². The predicted molar refractivity (Wildman–Crippen MR) is 206 cm³/mol. The highest BCUT2D eigenvalue weighted by molar-refractivity contribution is 7.13. The van der Waals surface area contributed by atoms with Gasteiger partial charge in [0.25, 0.3) is 0 Å². The van der Waals surface area contributed by atoms with E-state index < -0.39 is 0 Å². The van der Waals surface area contributed by atoms with E-state index in [0.717, 1.165) is 75.5 Å². The second kappa shape index (κ2) is 16.3. The van der Waals surface area contributed by atoms with Gasteiger partial charge in [0, 0.05) is 88.4 Å². The van der Waals surface area contributed by atoms with E-state index in [1.54, 1.807) is 22.7 Å². The quantitative estimate of drug-likeness (QED) is 0.168. The number of thiazole rings is 2. The van der Waals surface area contributed by atoms with Gasteiger partial charge < -0.3 is 19.6 Å². The fourth-order valence-corrected chi connectivity index (χ4v) is 8.25. The SMILES string of the molecule is O=C(CCc1cccc2ccccc12)N1CCN(c2nccs2)CC1.O=C(CCc1cccc2ccccc12)N1CCN(c2nccs2)CC1. The Balaban J connectivity index is 0.000000157. The Morgan fingerprint density at radius 3 is 1.32 bits per heavy atom. The number of carbonyl (C=O) groups is 2. The van der Waals surface area contributed by atoms with Gasteiger partial charge in [0.15, 0.2) is 10.3 Å². The second-order valence-corrected chi connectivity index (χ2v) is 14.4. The predicted octanol–water partition coefficient (Wildman–Crippen LogP) is 7.16. The number of piperazine rings is 2. The summed E-state index contributed by atoms with van der Waals surface area (Å²) < 4.78 is 0. The second-order valence-electron chi connectivity index (χ2n) is 12.6. The molecule has 0 radical (unpaired) electrons. The Kier molecular flexibility index (Phi) is 11.0. The molecule has 0 atom stereocenters. The molecule has 10 heteroatoms. The number of benzene rings is 4. The number of hydrogen-bond acceptors (Lipinski definition) is 8. The third-order valence-electron chi connectivity index (χ3n) is 9.62. The van der Waals surface area contributed by atoms with Crippen molar-refractivity contribution in [1.82, 2.24) is 19.8 Å². The lowest BCUT2D eigenvalue weighted by Crippen LogP contribution is -2.48. The highest BCUT2D eigenvalue weighted by Gasteiger charge is 2.23. The lowest BCUT2D eigenvalue weighted by molar-refractivity contribution is -0.132. The molecule has 0 saturated carbocycles. The Hall–Kier alpha value is -4.80. The first-order valence-corrected chi connectivity index (χ1v) is 19.2. The van der Waals surface area contributed by atoms with E-state index in [9.17, 15) is 9.59 Å². The lowest BCUT2D eigenvalue weighted by Gasteiger charge is -2.34. The first-order valence-electron chi connectivity index (χ1n) is 17.4. The third-order valence-corrected chi connectivity index (χ3v) is 11.3. The maximum atomic E-state index is 12.6. The molecule has 0 unspecified atom stereocenters. The molecule has 0 bridgehead atoms. The van der Waals surface area contributed by atoms with E-state index in [1.165, 1.54) is 32.7 Å². The molecule has 2 aliphatic rings. The largest absolute Gasteiger partial charge is 0.345 e. The van der Waals surface area contributed by atoms with E-state index in [-0.39, 0.29) is 11.8 Å². The summed E-state index contributed by atoms with van der Waals surface area (Å²) >= 11 is 3.32. The Morgan fingerprint density at radius 2 is 0.920 bits per heavy atom. The molecule has 2 fully saturated rings. The number of anilines is 2. The normalized spacial score (nSPS) is 14.9. The van der Waals surface area contributed by atoms with Crippen LogP contribution in [0.15, 0.2) is 108 Å². The average molecular weight is 703 g/mol. The minimum atomic E-state index is 0.256. The number of aromatic nitrogens is 2. The average Bonchev–Trinajstić information content (AvgIpc) is 3.93. The van der Waals surface area contributed by atoms with Gasteiger partial charge in [-0.05, 0) is 45.5 Å². The van der Waals surface area contributed by atoms with Crippen LogP contribution >= 0.6 is 22.7 Å². The van der Waals surface area contributed by atoms with Gasteiger partial charge in [-0.3, -0.25) is 9.59 Å². The van der Waals surface area contributed by atoms with Gasteiger partial charge in [0.05, 0.1) is 0 Å². The van der Waals surface area contributed by atoms with Crippen LogP contribution in [0.5, 0.6) is 0 Å². The maximum Gasteiger partial charge on any atom is 0.223 e. The molecule has 0 N–H and O–H groups in total. The first-order chi connectivity index (χ1) is 24.6. The van der Waals surface area contributed by atoms with E-state index in [2.05, 4.69) is 105 Å². The number of nitrogens with zero attached hydrogens (tertiary/aromatic N) is 6. The number of rotatable bonds is 8. The summed E-state index contributed by atoms with van der Waals surface area (Å²) in [5.74, 6) is 0.512. The molecule has 2 aromatic heterocycles. The molecule has 6 aromatic rings. The van der Waals surface area contributed by atoms with Crippen LogP contribution in [0.1, 0.15) is 24.0 Å². The van der Waals surface area contributed by atoms with Crippen LogP contribution < -0.4 is 9.80 Å². The molecule has 4 aromatic carbocycles. The molecule has 8 rings (SSSR count). The van der Waals surface area contributed by atoms with E-state index >= 15 is 0 Å². The monoisotopic (exact) mass is 702 g/mol. The third kappa shape index (κ3) is 8.14. The number of aryl methyl sites for hydroxylation is 2. The molecule has 4 heterocycles. The smallest absolute Gasteiger partial charge is 0.223 e. The summed E-state index contributed by atoms with van der Waals surface area (Å²) in [6.07, 6.45) is 6.42. The minimum Gasteiger partial charge on any atom is -0.345 e. The Morgan fingerprint density at radius 1 is 0.520 bits per heavy atom. The summed E-state index contributed by atoms with van der Waals surface area (Å²) in [5, 5.41) is 11.1. The van der Waals surface area contributed by atoms with Crippen molar-refractivity contribution in [3.63, 3.8) is 0 Å². The summed E-state index contributed by atoms with van der Waals surface area (Å²) in [5.41, 5.74) is 2.51. The highest BCUT2D eigenvalue weighted by atomic mass is 32.1. The molecular weight excluding hydrogens is 661 g/mol. The van der Waals surface area contributed by atoms with Crippen molar-refractivity contribution in [3.8, 4) is 0 Å². The van der Waals surface area contributed by atoms with Gasteiger partial charge in [0.1, 0.15) is 0 Å². The lowest BCUT2D eigenvalue weighted by atomic mass is 10.0. The van der Waals surface area contributed by atoms with Crippen LogP contribution in [0.25, 0.3) is 21.5 Å². The van der Waals surface area contributed by atoms with Crippen LogP contribution in [0, 0.1) is 0 Å². The standard InChI is InChI=1S/2C20H21N3OS/c2*24-19(22-11-13-23(14-12-22)20-21-10-15-25-20)9-8-17-6-3-5-16-4-1-2-7-18(16)17/h2*1-7,10,15H,8-9,11-14H2. The summed E-state index contributed by atoms with van der Waals surface area (Å²) in [4.78, 5) is 42.4. The zero-order valence-corrected chi connectivity index (χ0v) is 29.8. The molecule has 2 aliphatic heterocycles. The first kappa shape index (κ1) is 33.7. The maximum absolute atomic E-state index is 12.6. The van der Waals surface area contributed by atoms with Crippen LogP contribution in [0.4, 0.5) is 10.3 Å². The highest BCUT2D eigenvalue weighted by Crippen LogP contribution is 2.23. The van der Waals surface area contributed by atoms with Crippen molar-refractivity contribution in [2.45, 2.75) is 25.7 Å². The molecule has 0 spiro atoms. The van der Waals surface area contributed by atoms with Gasteiger partial charge in [-0.15, -0.1) is 22.7 Å². The van der Waals surface area contributed by atoms with E-state index in [4.69, 9.17) is 0 Å². The van der Waals surface area contributed by atoms with Crippen LogP contribution in [0.2, 0.25) is 0 Å². The van der Waals surface area contributed by atoms with Crippen molar-refractivity contribution in [2.75, 3.05) is 62.2 Å². The fraction of sp³-hybridized carbons (Fsp3) is 0.300.